The highest BCUT2D eigenvalue weighted by molar-refractivity contribution is 6.14. The van der Waals surface area contributed by atoms with Gasteiger partial charge in [0.15, 0.2) is 5.78 Å². The first-order valence-corrected chi connectivity index (χ1v) is 7.32. The molecule has 0 aliphatic carbocycles. The van der Waals surface area contributed by atoms with E-state index in [1.165, 1.54) is 0 Å². The molecule has 0 saturated carbocycles. The van der Waals surface area contributed by atoms with Gasteiger partial charge in [-0.3, -0.25) is 14.4 Å². The number of aromatic amines is 2. The molecule has 1 atom stereocenters. The first kappa shape index (κ1) is 13.6. The van der Waals surface area contributed by atoms with E-state index in [2.05, 4.69) is 20.6 Å². The summed E-state index contributed by atoms with van der Waals surface area (Å²) in [7, 11) is 0. The van der Waals surface area contributed by atoms with E-state index in [9.17, 15) is 14.4 Å². The van der Waals surface area contributed by atoms with Crippen molar-refractivity contribution in [2.75, 3.05) is 13.1 Å². The highest BCUT2D eigenvalue weighted by Gasteiger charge is 2.34. The topological polar surface area (TPSA) is 107 Å². The normalized spacial score (nSPS) is 20.6. The summed E-state index contributed by atoms with van der Waals surface area (Å²) in [6.45, 7) is 0.541. The maximum atomic E-state index is 12.9. The Hall–Kier alpha value is -3.09. The minimum absolute atomic E-state index is 0.132. The van der Waals surface area contributed by atoms with Crippen molar-refractivity contribution < 1.29 is 14.4 Å². The van der Waals surface area contributed by atoms with Gasteiger partial charge in [0.05, 0.1) is 5.92 Å². The third kappa shape index (κ3) is 2.01. The van der Waals surface area contributed by atoms with E-state index in [-0.39, 0.29) is 29.8 Å². The molecule has 116 valence electrons. The molecule has 1 unspecified atom stereocenters. The van der Waals surface area contributed by atoms with Gasteiger partial charge >= 0.3 is 0 Å². The van der Waals surface area contributed by atoms with Crippen molar-refractivity contribution in [2.24, 2.45) is 5.92 Å². The van der Waals surface area contributed by atoms with Gasteiger partial charge in [0.1, 0.15) is 11.4 Å². The maximum Gasteiger partial charge on any atom is 0.268 e. The molecule has 0 radical (unpaired) electrons. The van der Waals surface area contributed by atoms with Crippen LogP contribution in [-0.2, 0) is 0 Å². The van der Waals surface area contributed by atoms with Gasteiger partial charge in [-0.15, -0.1) is 0 Å². The Labute approximate surface area is 131 Å². The van der Waals surface area contributed by atoms with E-state index < -0.39 is 5.92 Å². The maximum absolute atomic E-state index is 12.9. The van der Waals surface area contributed by atoms with Crippen LogP contribution in [0.4, 0.5) is 0 Å². The molecule has 2 aromatic heterocycles. The van der Waals surface area contributed by atoms with Crippen molar-refractivity contribution in [3.05, 3.63) is 53.1 Å². The number of amides is 2. The molecule has 7 nitrogen and oxygen atoms in total. The predicted molar refractivity (Wildman–Crippen MR) is 82.0 cm³/mol. The second-order valence-corrected chi connectivity index (χ2v) is 5.53. The Morgan fingerprint density at radius 3 is 2.30 bits per heavy atom. The minimum atomic E-state index is -0.529. The molecular formula is C16H14N4O3. The molecule has 4 heterocycles. The van der Waals surface area contributed by atoms with Gasteiger partial charge < -0.3 is 20.6 Å². The Morgan fingerprint density at radius 1 is 0.870 bits per heavy atom. The molecule has 7 heteroatoms. The second kappa shape index (κ2) is 4.98. The molecule has 0 fully saturated rings. The van der Waals surface area contributed by atoms with Gasteiger partial charge in [0.2, 0.25) is 0 Å². The molecule has 2 aliphatic rings. The van der Waals surface area contributed by atoms with Crippen LogP contribution in [0.5, 0.6) is 0 Å². The second-order valence-electron chi connectivity index (χ2n) is 5.53. The lowest BCUT2D eigenvalue weighted by Crippen LogP contribution is -2.29. The molecule has 0 spiro atoms. The fourth-order valence-electron chi connectivity index (χ4n) is 3.16. The average molecular weight is 310 g/mol. The average Bonchev–Trinajstić information content (AvgIpc) is 3.17. The number of carbonyl (C=O) groups excluding carboxylic acids is 3. The number of rotatable bonds is 1. The zero-order valence-electron chi connectivity index (χ0n) is 12.1. The number of fused-ring (bicyclic) bond motifs is 2. The lowest BCUT2D eigenvalue weighted by Gasteiger charge is -2.17. The number of carbonyl (C=O) groups is 3. The smallest absolute Gasteiger partial charge is 0.268 e. The number of aromatic nitrogens is 2. The van der Waals surface area contributed by atoms with Gasteiger partial charge in [0, 0.05) is 36.6 Å². The number of Topliss-reactive ketones (excluding diaryl/α,β-unsaturated/α-hetero) is 1. The lowest BCUT2D eigenvalue weighted by atomic mass is 9.86. The van der Waals surface area contributed by atoms with Crippen molar-refractivity contribution in [1.29, 1.82) is 0 Å². The summed E-state index contributed by atoms with van der Waals surface area (Å²) in [5, 5.41) is 5.53. The third-order valence-electron chi connectivity index (χ3n) is 4.27. The van der Waals surface area contributed by atoms with Crippen molar-refractivity contribution in [3.8, 4) is 0 Å². The first-order valence-electron chi connectivity index (χ1n) is 7.32. The first-order chi connectivity index (χ1) is 11.2. The quantitative estimate of drug-likeness (QED) is 0.623. The number of hydrogen-bond acceptors (Lipinski definition) is 3. The van der Waals surface area contributed by atoms with E-state index in [4.69, 9.17) is 0 Å². The highest BCUT2D eigenvalue weighted by atomic mass is 16.2. The number of H-pyrrole nitrogens is 2. The van der Waals surface area contributed by atoms with Crippen LogP contribution in [0.15, 0.2) is 30.6 Å². The van der Waals surface area contributed by atoms with Crippen molar-refractivity contribution in [1.82, 2.24) is 20.6 Å². The van der Waals surface area contributed by atoms with Gasteiger partial charge in [-0.05, 0) is 17.7 Å². The molecule has 0 bridgehead atoms. The SMILES string of the molecule is O=C1NCC(C2=CCNC(=O)c3[nH]ccc32)C(=O)c2cc[nH]c21. The zero-order chi connectivity index (χ0) is 16.0. The summed E-state index contributed by atoms with van der Waals surface area (Å²) < 4.78 is 0. The molecule has 4 rings (SSSR count). The summed E-state index contributed by atoms with van der Waals surface area (Å²) in [4.78, 5) is 42.7. The zero-order valence-corrected chi connectivity index (χ0v) is 12.1. The van der Waals surface area contributed by atoms with E-state index in [0.717, 1.165) is 5.57 Å². The summed E-state index contributed by atoms with van der Waals surface area (Å²) in [6, 6.07) is 3.40. The van der Waals surface area contributed by atoms with Crippen LogP contribution in [0.3, 0.4) is 0 Å². The van der Waals surface area contributed by atoms with Crippen LogP contribution in [0.25, 0.3) is 5.57 Å². The third-order valence-corrected chi connectivity index (χ3v) is 4.27. The predicted octanol–water partition coefficient (Wildman–Crippen LogP) is 0.712. The van der Waals surface area contributed by atoms with Crippen LogP contribution < -0.4 is 10.6 Å². The lowest BCUT2D eigenvalue weighted by molar-refractivity contribution is 0.0935. The van der Waals surface area contributed by atoms with E-state index in [1.807, 2.05) is 6.08 Å². The van der Waals surface area contributed by atoms with Crippen LogP contribution in [-0.4, -0.2) is 40.7 Å². The number of hydrogen-bond donors (Lipinski definition) is 4. The molecule has 0 saturated heterocycles. The molecule has 4 N–H and O–H groups in total. The Balaban J connectivity index is 1.81. The number of ketones is 1. The van der Waals surface area contributed by atoms with Gasteiger partial charge in [-0.1, -0.05) is 6.08 Å². The fourth-order valence-corrected chi connectivity index (χ4v) is 3.16. The Kier molecular flexibility index (Phi) is 2.94. The monoisotopic (exact) mass is 310 g/mol. The summed E-state index contributed by atoms with van der Waals surface area (Å²) in [5.41, 5.74) is 2.55. The van der Waals surface area contributed by atoms with E-state index >= 15 is 0 Å². The van der Waals surface area contributed by atoms with Crippen LogP contribution in [0.1, 0.15) is 36.9 Å². The van der Waals surface area contributed by atoms with Crippen LogP contribution in [0, 0.1) is 5.92 Å². The van der Waals surface area contributed by atoms with Crippen molar-refractivity contribution in [3.63, 3.8) is 0 Å². The van der Waals surface area contributed by atoms with Crippen molar-refractivity contribution in [2.45, 2.75) is 0 Å². The van der Waals surface area contributed by atoms with Gasteiger partial charge in [-0.2, -0.15) is 0 Å². The molecule has 2 aliphatic heterocycles. The van der Waals surface area contributed by atoms with Gasteiger partial charge in [0.25, 0.3) is 11.8 Å². The summed E-state index contributed by atoms with van der Waals surface area (Å²) in [5.74, 6) is -1.16. The standard InChI is InChI=1S/C16H14N4O3/c21-14-10-3-5-18-13(10)16(23)20-7-11(14)8-1-6-19-15(22)12-9(8)2-4-17-12/h1-5,11,17-18H,6-7H2,(H,19,22)(H,20,23). The largest absolute Gasteiger partial charge is 0.357 e. The van der Waals surface area contributed by atoms with Crippen molar-refractivity contribution >= 4 is 23.2 Å². The van der Waals surface area contributed by atoms with Crippen LogP contribution >= 0.6 is 0 Å². The molecule has 0 aromatic carbocycles. The van der Waals surface area contributed by atoms with Crippen LogP contribution in [0.2, 0.25) is 0 Å². The molecule has 2 aromatic rings. The highest BCUT2D eigenvalue weighted by Crippen LogP contribution is 2.31. The van der Waals surface area contributed by atoms with E-state index in [0.29, 0.717) is 23.4 Å². The van der Waals surface area contributed by atoms with Gasteiger partial charge in [-0.25, -0.2) is 0 Å². The summed E-state index contributed by atoms with van der Waals surface area (Å²) >= 11 is 0. The minimum Gasteiger partial charge on any atom is -0.357 e. The molecule has 2 amide bonds. The molecular weight excluding hydrogens is 296 g/mol. The van der Waals surface area contributed by atoms with E-state index in [1.54, 1.807) is 24.5 Å². The molecule has 23 heavy (non-hydrogen) atoms. The number of nitrogens with one attached hydrogen (secondary N) is 4. The Bertz CT molecular complexity index is 858. The fraction of sp³-hybridized carbons (Fsp3) is 0.188. The Morgan fingerprint density at radius 2 is 1.52 bits per heavy atom. The summed E-state index contributed by atoms with van der Waals surface area (Å²) in [6.07, 6.45) is 5.09.